The Balaban J connectivity index is 1.58. The average Bonchev–Trinajstić information content (AvgIpc) is 3.14. The quantitative estimate of drug-likeness (QED) is 0.587. The molecule has 25 heavy (non-hydrogen) atoms. The lowest BCUT2D eigenvalue weighted by molar-refractivity contribution is -0.140. The molecule has 0 N–H and O–H groups in total. The zero-order valence-corrected chi connectivity index (χ0v) is 14.8. The van der Waals surface area contributed by atoms with Gasteiger partial charge in [0.05, 0.1) is 19.2 Å². The van der Waals surface area contributed by atoms with Gasteiger partial charge in [0.2, 0.25) is 0 Å². The Kier molecular flexibility index (Phi) is 5.80. The van der Waals surface area contributed by atoms with Gasteiger partial charge < -0.3 is 9.47 Å². The van der Waals surface area contributed by atoms with Crippen LogP contribution in [0.5, 0.6) is 5.75 Å². The molecular formula is C20H19NO3S. The summed E-state index contributed by atoms with van der Waals surface area (Å²) in [4.78, 5) is 15.8. The van der Waals surface area contributed by atoms with Gasteiger partial charge in [-0.1, -0.05) is 30.3 Å². The van der Waals surface area contributed by atoms with E-state index in [0.717, 1.165) is 27.6 Å². The average molecular weight is 353 g/mol. The lowest BCUT2D eigenvalue weighted by Crippen LogP contribution is -2.01. The van der Waals surface area contributed by atoms with Crippen molar-refractivity contribution < 1.29 is 14.3 Å². The highest BCUT2D eigenvalue weighted by Crippen LogP contribution is 2.26. The number of thiazole rings is 1. The van der Waals surface area contributed by atoms with Gasteiger partial charge in [-0.2, -0.15) is 0 Å². The van der Waals surface area contributed by atoms with Crippen molar-refractivity contribution in [1.29, 1.82) is 0 Å². The van der Waals surface area contributed by atoms with E-state index in [1.165, 1.54) is 7.11 Å². The van der Waals surface area contributed by atoms with E-state index in [-0.39, 0.29) is 5.97 Å². The summed E-state index contributed by atoms with van der Waals surface area (Å²) in [5.74, 6) is 0.615. The molecule has 0 fully saturated rings. The molecule has 0 atom stereocenters. The van der Waals surface area contributed by atoms with Gasteiger partial charge >= 0.3 is 5.97 Å². The van der Waals surface area contributed by atoms with Crippen LogP contribution in [0.4, 0.5) is 0 Å². The molecule has 0 aliphatic rings. The third kappa shape index (κ3) is 4.90. The number of carbonyl (C=O) groups excluding carboxylic acids is 1. The molecule has 0 bridgehead atoms. The molecular weight excluding hydrogens is 334 g/mol. The minimum absolute atomic E-state index is 0.213. The van der Waals surface area contributed by atoms with Crippen molar-refractivity contribution in [1.82, 2.24) is 4.98 Å². The minimum Gasteiger partial charge on any atom is -0.489 e. The summed E-state index contributed by atoms with van der Waals surface area (Å²) < 4.78 is 10.5. The summed E-state index contributed by atoms with van der Waals surface area (Å²) in [5, 5.41) is 2.92. The maximum absolute atomic E-state index is 11.2. The first-order valence-electron chi connectivity index (χ1n) is 8.03. The van der Waals surface area contributed by atoms with E-state index in [4.69, 9.17) is 4.74 Å². The number of methoxy groups -OCH3 is 1. The van der Waals surface area contributed by atoms with Gasteiger partial charge in [0.1, 0.15) is 17.4 Å². The molecule has 3 rings (SSSR count). The van der Waals surface area contributed by atoms with Crippen molar-refractivity contribution in [2.24, 2.45) is 0 Å². The number of rotatable bonds is 7. The van der Waals surface area contributed by atoms with Crippen LogP contribution in [0.1, 0.15) is 17.7 Å². The van der Waals surface area contributed by atoms with Gasteiger partial charge in [-0.25, -0.2) is 4.98 Å². The van der Waals surface area contributed by atoms with E-state index < -0.39 is 0 Å². The fourth-order valence-electron chi connectivity index (χ4n) is 2.32. The Morgan fingerprint density at radius 3 is 2.56 bits per heavy atom. The van der Waals surface area contributed by atoms with Gasteiger partial charge in [0, 0.05) is 17.4 Å². The van der Waals surface area contributed by atoms with Gasteiger partial charge in [-0.15, -0.1) is 11.3 Å². The number of ether oxygens (including phenoxy) is 2. The SMILES string of the molecule is COC(=O)CCc1csc(-c2ccc(OCc3ccccc3)cc2)n1. The van der Waals surface area contributed by atoms with Crippen LogP contribution in [0.15, 0.2) is 60.0 Å². The predicted molar refractivity (Wildman–Crippen MR) is 98.7 cm³/mol. The van der Waals surface area contributed by atoms with Gasteiger partial charge in [0.15, 0.2) is 0 Å². The molecule has 4 nitrogen and oxygen atoms in total. The third-order valence-corrected chi connectivity index (χ3v) is 4.65. The topological polar surface area (TPSA) is 48.4 Å². The molecule has 3 aromatic rings. The fourth-order valence-corrected chi connectivity index (χ4v) is 3.18. The molecule has 1 heterocycles. The van der Waals surface area contributed by atoms with Crippen LogP contribution in [-0.4, -0.2) is 18.1 Å². The molecule has 0 aliphatic heterocycles. The lowest BCUT2D eigenvalue weighted by Gasteiger charge is -2.06. The number of aromatic nitrogens is 1. The smallest absolute Gasteiger partial charge is 0.305 e. The van der Waals surface area contributed by atoms with Gasteiger partial charge in [-0.3, -0.25) is 4.79 Å². The maximum Gasteiger partial charge on any atom is 0.305 e. The standard InChI is InChI=1S/C20H19NO3S/c1-23-19(22)12-9-17-14-25-20(21-17)16-7-10-18(11-8-16)24-13-15-5-3-2-4-6-15/h2-8,10-11,14H,9,12-13H2,1H3. The molecule has 0 amide bonds. The normalized spacial score (nSPS) is 10.4. The predicted octanol–water partition coefficient (Wildman–Crippen LogP) is 4.49. The van der Waals surface area contributed by atoms with E-state index >= 15 is 0 Å². The molecule has 0 aliphatic carbocycles. The molecule has 2 aromatic carbocycles. The van der Waals surface area contributed by atoms with Crippen LogP contribution in [-0.2, 0) is 22.6 Å². The maximum atomic E-state index is 11.2. The Morgan fingerprint density at radius 2 is 1.84 bits per heavy atom. The van der Waals surface area contributed by atoms with Crippen LogP contribution in [0.3, 0.4) is 0 Å². The van der Waals surface area contributed by atoms with E-state index in [1.807, 2.05) is 60.0 Å². The van der Waals surface area contributed by atoms with Crippen LogP contribution in [0.2, 0.25) is 0 Å². The van der Waals surface area contributed by atoms with Crippen molar-refractivity contribution in [2.45, 2.75) is 19.4 Å². The number of esters is 1. The van der Waals surface area contributed by atoms with Gasteiger partial charge in [0.25, 0.3) is 0 Å². The Labute approximate surface area is 151 Å². The van der Waals surface area contributed by atoms with Crippen LogP contribution in [0, 0.1) is 0 Å². The number of hydrogen-bond acceptors (Lipinski definition) is 5. The van der Waals surface area contributed by atoms with E-state index in [1.54, 1.807) is 11.3 Å². The van der Waals surface area contributed by atoms with E-state index in [2.05, 4.69) is 9.72 Å². The minimum atomic E-state index is -0.213. The summed E-state index contributed by atoms with van der Waals surface area (Å²) in [6.45, 7) is 0.551. The molecule has 1 aromatic heterocycles. The molecule has 128 valence electrons. The van der Waals surface area contributed by atoms with E-state index in [0.29, 0.717) is 19.4 Å². The number of aryl methyl sites for hydroxylation is 1. The fraction of sp³-hybridized carbons (Fsp3) is 0.200. The first-order valence-corrected chi connectivity index (χ1v) is 8.91. The summed E-state index contributed by atoms with van der Waals surface area (Å²) in [6.07, 6.45) is 0.952. The molecule has 5 heteroatoms. The van der Waals surface area contributed by atoms with Crippen molar-refractivity contribution in [2.75, 3.05) is 7.11 Å². The third-order valence-electron chi connectivity index (χ3n) is 3.71. The summed E-state index contributed by atoms with van der Waals surface area (Å²) in [6, 6.07) is 18.0. The van der Waals surface area contributed by atoms with Crippen molar-refractivity contribution >= 4 is 17.3 Å². The summed E-state index contributed by atoms with van der Waals surface area (Å²) in [7, 11) is 1.40. The largest absolute Gasteiger partial charge is 0.489 e. The van der Waals surface area contributed by atoms with Crippen molar-refractivity contribution in [3.05, 3.63) is 71.2 Å². The highest BCUT2D eigenvalue weighted by molar-refractivity contribution is 7.13. The molecule has 0 saturated carbocycles. The van der Waals surface area contributed by atoms with E-state index in [9.17, 15) is 4.79 Å². The molecule has 0 radical (unpaired) electrons. The highest BCUT2D eigenvalue weighted by Gasteiger charge is 2.08. The van der Waals surface area contributed by atoms with Gasteiger partial charge in [-0.05, 0) is 29.8 Å². The zero-order chi connectivity index (χ0) is 17.5. The first kappa shape index (κ1) is 17.2. The Morgan fingerprint density at radius 1 is 1.08 bits per heavy atom. The second kappa shape index (κ2) is 8.44. The first-order chi connectivity index (χ1) is 12.2. The molecule has 0 spiro atoms. The number of nitrogens with zero attached hydrogens (tertiary/aromatic N) is 1. The summed E-state index contributed by atoms with van der Waals surface area (Å²) >= 11 is 1.57. The monoisotopic (exact) mass is 353 g/mol. The summed E-state index contributed by atoms with van der Waals surface area (Å²) in [5.41, 5.74) is 3.10. The number of hydrogen-bond donors (Lipinski definition) is 0. The number of carbonyl (C=O) groups is 1. The molecule has 0 unspecified atom stereocenters. The Hall–Kier alpha value is -2.66. The second-order valence-corrected chi connectivity index (χ2v) is 6.38. The Bertz CT molecular complexity index is 812. The number of benzene rings is 2. The lowest BCUT2D eigenvalue weighted by atomic mass is 10.2. The second-order valence-electron chi connectivity index (χ2n) is 5.52. The van der Waals surface area contributed by atoms with Crippen LogP contribution < -0.4 is 4.74 Å². The zero-order valence-electron chi connectivity index (χ0n) is 14.0. The highest BCUT2D eigenvalue weighted by atomic mass is 32.1. The molecule has 0 saturated heterocycles. The van der Waals surface area contributed by atoms with Crippen LogP contribution >= 0.6 is 11.3 Å². The van der Waals surface area contributed by atoms with Crippen molar-refractivity contribution in [3.8, 4) is 16.3 Å². The van der Waals surface area contributed by atoms with Crippen molar-refractivity contribution in [3.63, 3.8) is 0 Å². The van der Waals surface area contributed by atoms with Crippen LogP contribution in [0.25, 0.3) is 10.6 Å².